The summed E-state index contributed by atoms with van der Waals surface area (Å²) in [6.45, 7) is 0.137. The largest absolute Gasteiger partial charge is 0.468 e. The van der Waals surface area contributed by atoms with Gasteiger partial charge in [0.25, 0.3) is 5.69 Å². The lowest BCUT2D eigenvalue weighted by atomic mass is 10.4. The Morgan fingerprint density at radius 2 is 2.31 bits per heavy atom. The normalized spacial score (nSPS) is 10.0. The molecule has 0 aromatic carbocycles. The molecule has 0 aliphatic carbocycles. The molecule has 2 rings (SSSR count). The predicted molar refractivity (Wildman–Crippen MR) is 51.7 cm³/mol. The molecule has 0 fully saturated rings. The topological polar surface area (TPSA) is 91.3 Å². The summed E-state index contributed by atoms with van der Waals surface area (Å²) in [5.41, 5.74) is -0.0801. The van der Waals surface area contributed by atoms with Crippen LogP contribution in [-0.2, 0) is 6.61 Å². The van der Waals surface area contributed by atoms with Crippen LogP contribution in [0.25, 0.3) is 0 Å². The smallest absolute Gasteiger partial charge is 0.287 e. The van der Waals surface area contributed by atoms with Crippen LogP contribution in [0.4, 0.5) is 5.69 Å². The van der Waals surface area contributed by atoms with Gasteiger partial charge in [0, 0.05) is 12.1 Å². The van der Waals surface area contributed by atoms with Crippen molar-refractivity contribution in [3.8, 4) is 5.88 Å². The van der Waals surface area contributed by atoms with Gasteiger partial charge >= 0.3 is 0 Å². The highest BCUT2D eigenvalue weighted by atomic mass is 16.6. The van der Waals surface area contributed by atoms with Gasteiger partial charge in [0.1, 0.15) is 12.5 Å². The van der Waals surface area contributed by atoms with Gasteiger partial charge in [-0.25, -0.2) is 9.97 Å². The van der Waals surface area contributed by atoms with Crippen molar-refractivity contribution in [2.45, 2.75) is 6.61 Å². The molecule has 0 saturated carbocycles. The van der Waals surface area contributed by atoms with E-state index in [0.717, 1.165) is 6.20 Å². The van der Waals surface area contributed by atoms with Crippen molar-refractivity contribution in [2.75, 3.05) is 0 Å². The molecular weight excluding hydrogens is 214 g/mol. The zero-order valence-corrected chi connectivity index (χ0v) is 8.07. The van der Waals surface area contributed by atoms with Gasteiger partial charge in [0.05, 0.1) is 11.1 Å². The SMILES string of the molecule is O=[N+]([O-])c1ccc(OCc2ncco2)nc1. The highest BCUT2D eigenvalue weighted by Crippen LogP contribution is 2.14. The minimum absolute atomic E-state index is 0.0801. The van der Waals surface area contributed by atoms with Crippen LogP contribution in [0.15, 0.2) is 35.2 Å². The predicted octanol–water partition coefficient (Wildman–Crippen LogP) is 1.56. The van der Waals surface area contributed by atoms with Gasteiger partial charge in [-0.15, -0.1) is 0 Å². The Morgan fingerprint density at radius 1 is 1.44 bits per heavy atom. The maximum atomic E-state index is 10.4. The molecule has 0 spiro atoms. The molecule has 0 N–H and O–H groups in total. The van der Waals surface area contributed by atoms with Crippen LogP contribution in [0.2, 0.25) is 0 Å². The van der Waals surface area contributed by atoms with Crippen molar-refractivity contribution in [3.05, 3.63) is 46.8 Å². The molecule has 2 heterocycles. The number of hydrogen-bond acceptors (Lipinski definition) is 6. The fourth-order valence-electron chi connectivity index (χ4n) is 1.03. The van der Waals surface area contributed by atoms with Crippen LogP contribution in [0, 0.1) is 10.1 Å². The van der Waals surface area contributed by atoms with Crippen molar-refractivity contribution in [2.24, 2.45) is 0 Å². The van der Waals surface area contributed by atoms with Crippen LogP contribution >= 0.6 is 0 Å². The quantitative estimate of drug-likeness (QED) is 0.574. The van der Waals surface area contributed by atoms with E-state index in [1.165, 1.54) is 24.6 Å². The zero-order chi connectivity index (χ0) is 11.4. The second kappa shape index (κ2) is 4.39. The number of ether oxygens (including phenoxy) is 1. The molecule has 0 atom stereocenters. The summed E-state index contributed by atoms with van der Waals surface area (Å²) in [6.07, 6.45) is 4.06. The zero-order valence-electron chi connectivity index (χ0n) is 8.07. The van der Waals surface area contributed by atoms with Gasteiger partial charge in [0.15, 0.2) is 6.61 Å². The minimum atomic E-state index is -0.523. The summed E-state index contributed by atoms with van der Waals surface area (Å²) in [4.78, 5) is 17.4. The fraction of sp³-hybridized carbons (Fsp3) is 0.111. The summed E-state index contributed by atoms with van der Waals surface area (Å²) >= 11 is 0. The first-order chi connectivity index (χ1) is 7.75. The number of rotatable bonds is 4. The van der Waals surface area contributed by atoms with E-state index in [1.54, 1.807) is 0 Å². The molecular formula is C9H7N3O4. The molecule has 2 aromatic rings. The first-order valence-corrected chi connectivity index (χ1v) is 4.37. The highest BCUT2D eigenvalue weighted by Gasteiger charge is 2.06. The third-order valence-electron chi connectivity index (χ3n) is 1.76. The molecule has 7 heteroatoms. The third kappa shape index (κ3) is 2.32. The number of nitrogens with zero attached hydrogens (tertiary/aromatic N) is 3. The lowest BCUT2D eigenvalue weighted by molar-refractivity contribution is -0.385. The van der Waals surface area contributed by atoms with Gasteiger partial charge < -0.3 is 9.15 Å². The number of pyridine rings is 1. The van der Waals surface area contributed by atoms with E-state index in [2.05, 4.69) is 9.97 Å². The molecule has 2 aromatic heterocycles. The first kappa shape index (κ1) is 10.1. The Balaban J connectivity index is 1.98. The molecule has 0 aliphatic rings. The summed E-state index contributed by atoms with van der Waals surface area (Å²) in [5.74, 6) is 0.698. The molecule has 0 bridgehead atoms. The van der Waals surface area contributed by atoms with E-state index in [9.17, 15) is 10.1 Å². The van der Waals surface area contributed by atoms with E-state index in [4.69, 9.17) is 9.15 Å². The van der Waals surface area contributed by atoms with Gasteiger partial charge in [-0.05, 0) is 0 Å². The molecule has 0 saturated heterocycles. The highest BCUT2D eigenvalue weighted by molar-refractivity contribution is 5.28. The van der Waals surface area contributed by atoms with Gasteiger partial charge in [0.2, 0.25) is 11.8 Å². The Bertz CT molecular complexity index is 466. The average molecular weight is 221 g/mol. The number of oxazole rings is 1. The van der Waals surface area contributed by atoms with Gasteiger partial charge in [-0.3, -0.25) is 10.1 Å². The van der Waals surface area contributed by atoms with Crippen molar-refractivity contribution in [3.63, 3.8) is 0 Å². The second-order valence-corrected chi connectivity index (χ2v) is 2.83. The summed E-state index contributed by atoms with van der Waals surface area (Å²) in [7, 11) is 0. The minimum Gasteiger partial charge on any atom is -0.468 e. The lowest BCUT2D eigenvalue weighted by Crippen LogP contribution is -1.97. The van der Waals surface area contributed by atoms with Crippen molar-refractivity contribution < 1.29 is 14.1 Å². The Kier molecular flexibility index (Phi) is 2.77. The summed E-state index contributed by atoms with van der Waals surface area (Å²) in [5, 5.41) is 10.4. The molecule has 7 nitrogen and oxygen atoms in total. The van der Waals surface area contributed by atoms with Crippen molar-refractivity contribution in [1.29, 1.82) is 0 Å². The van der Waals surface area contributed by atoms with E-state index >= 15 is 0 Å². The molecule has 16 heavy (non-hydrogen) atoms. The molecule has 0 amide bonds. The van der Waals surface area contributed by atoms with Crippen LogP contribution in [0.3, 0.4) is 0 Å². The number of aromatic nitrogens is 2. The molecule has 0 aliphatic heterocycles. The van der Waals surface area contributed by atoms with Crippen molar-refractivity contribution >= 4 is 5.69 Å². The summed E-state index contributed by atoms with van der Waals surface area (Å²) in [6, 6.07) is 2.74. The van der Waals surface area contributed by atoms with E-state index < -0.39 is 4.92 Å². The van der Waals surface area contributed by atoms with Crippen LogP contribution < -0.4 is 4.74 Å². The Hall–Kier alpha value is -2.44. The van der Waals surface area contributed by atoms with Gasteiger partial charge in [-0.1, -0.05) is 0 Å². The first-order valence-electron chi connectivity index (χ1n) is 4.37. The monoisotopic (exact) mass is 221 g/mol. The maximum Gasteiger partial charge on any atom is 0.287 e. The number of hydrogen-bond donors (Lipinski definition) is 0. The second-order valence-electron chi connectivity index (χ2n) is 2.83. The molecule has 0 unspecified atom stereocenters. The van der Waals surface area contributed by atoms with Crippen LogP contribution in [0.1, 0.15) is 5.89 Å². The Labute approximate surface area is 89.9 Å². The van der Waals surface area contributed by atoms with E-state index in [1.807, 2.05) is 0 Å². The third-order valence-corrected chi connectivity index (χ3v) is 1.76. The fourth-order valence-corrected chi connectivity index (χ4v) is 1.03. The lowest BCUT2D eigenvalue weighted by Gasteiger charge is -2.00. The standard InChI is InChI=1S/C9H7N3O4/c13-12(14)7-1-2-8(11-5-7)16-6-9-10-3-4-15-9/h1-5H,6H2. The van der Waals surface area contributed by atoms with Crippen LogP contribution in [0.5, 0.6) is 5.88 Å². The van der Waals surface area contributed by atoms with Crippen molar-refractivity contribution in [1.82, 2.24) is 9.97 Å². The average Bonchev–Trinajstić information content (AvgIpc) is 2.80. The maximum absolute atomic E-state index is 10.4. The summed E-state index contributed by atoms with van der Waals surface area (Å²) < 4.78 is 10.1. The number of nitro groups is 1. The van der Waals surface area contributed by atoms with E-state index in [0.29, 0.717) is 5.89 Å². The molecule has 82 valence electrons. The van der Waals surface area contributed by atoms with Gasteiger partial charge in [-0.2, -0.15) is 0 Å². The molecule has 0 radical (unpaired) electrons. The Morgan fingerprint density at radius 3 is 2.88 bits per heavy atom. The van der Waals surface area contributed by atoms with Crippen LogP contribution in [-0.4, -0.2) is 14.9 Å². The van der Waals surface area contributed by atoms with E-state index in [-0.39, 0.29) is 18.2 Å².